The van der Waals surface area contributed by atoms with Gasteiger partial charge in [0.1, 0.15) is 0 Å². The van der Waals surface area contributed by atoms with Crippen molar-refractivity contribution < 1.29 is 0 Å². The highest BCUT2D eigenvalue weighted by Gasteiger charge is 2.09. The van der Waals surface area contributed by atoms with Gasteiger partial charge >= 0.3 is 0 Å². The summed E-state index contributed by atoms with van der Waals surface area (Å²) in [5, 5.41) is 0. The zero-order valence-electron chi connectivity index (χ0n) is 43.5. The third kappa shape index (κ3) is 16.6. The normalized spacial score (nSPS) is 11.6. The molecule has 362 valence electrons. The van der Waals surface area contributed by atoms with Crippen LogP contribution in [0.25, 0.3) is 68.8 Å². The highest BCUT2D eigenvalue weighted by Crippen LogP contribution is 2.31. The average Bonchev–Trinajstić information content (AvgIpc) is 3.41. The van der Waals surface area contributed by atoms with Crippen LogP contribution in [-0.4, -0.2) is 0 Å². The molecule has 70 heavy (non-hydrogen) atoms. The Morgan fingerprint density at radius 1 is 0.214 bits per heavy atom. The second kappa shape index (κ2) is 28.6. The van der Waals surface area contributed by atoms with E-state index >= 15 is 0 Å². The predicted octanol–water partition coefficient (Wildman–Crippen LogP) is 21.2. The SMILES string of the molecule is CCCCCCc1cc(CCCCCC)cc(-c2ccc(-c3ccc(C=Cc4ccc(C=Cc5ccc(-c6ccc(-c7cc(CCCCCC)cc(CCCCCC)c7)cc6)cc5)cc4)cc3)cc2)c1. The van der Waals surface area contributed by atoms with Gasteiger partial charge in [0.2, 0.25) is 0 Å². The first kappa shape index (κ1) is 51.9. The van der Waals surface area contributed by atoms with Crippen molar-refractivity contribution in [3.05, 3.63) is 202 Å². The summed E-state index contributed by atoms with van der Waals surface area (Å²) in [7, 11) is 0. The molecule has 0 spiro atoms. The van der Waals surface area contributed by atoms with Crippen LogP contribution in [0.3, 0.4) is 0 Å². The van der Waals surface area contributed by atoms with Crippen LogP contribution in [0, 0.1) is 0 Å². The molecule has 0 saturated heterocycles. The molecule has 0 aliphatic rings. The fourth-order valence-electron chi connectivity index (χ4n) is 9.85. The Labute approximate surface area is 425 Å². The van der Waals surface area contributed by atoms with Gasteiger partial charge in [-0.2, -0.15) is 0 Å². The van der Waals surface area contributed by atoms with Crippen molar-refractivity contribution in [1.29, 1.82) is 0 Å². The van der Waals surface area contributed by atoms with E-state index in [4.69, 9.17) is 0 Å². The van der Waals surface area contributed by atoms with E-state index in [0.29, 0.717) is 0 Å². The van der Waals surface area contributed by atoms with Crippen LogP contribution in [0.1, 0.15) is 175 Å². The van der Waals surface area contributed by atoms with Crippen LogP contribution < -0.4 is 0 Å². The van der Waals surface area contributed by atoms with Gasteiger partial charge in [0, 0.05) is 0 Å². The second-order valence-electron chi connectivity index (χ2n) is 20.1. The molecule has 7 rings (SSSR count). The summed E-state index contributed by atoms with van der Waals surface area (Å²) in [6.45, 7) is 9.18. The maximum Gasteiger partial charge on any atom is -0.0179 e. The van der Waals surface area contributed by atoms with Crippen molar-refractivity contribution in [3.8, 4) is 44.5 Å². The molecule has 0 saturated carbocycles. The van der Waals surface area contributed by atoms with E-state index in [1.165, 1.54) is 217 Å². The van der Waals surface area contributed by atoms with Gasteiger partial charge in [-0.25, -0.2) is 0 Å². The summed E-state index contributed by atoms with van der Waals surface area (Å²) >= 11 is 0. The molecule has 0 fully saturated rings. The summed E-state index contributed by atoms with van der Waals surface area (Å²) in [5.41, 5.74) is 21.2. The number of benzene rings is 7. The Morgan fingerprint density at radius 2 is 0.414 bits per heavy atom. The Balaban J connectivity index is 0.917. The van der Waals surface area contributed by atoms with E-state index in [9.17, 15) is 0 Å². The van der Waals surface area contributed by atoms with Crippen LogP contribution in [0.15, 0.2) is 158 Å². The lowest BCUT2D eigenvalue weighted by Gasteiger charge is -2.12. The predicted molar refractivity (Wildman–Crippen MR) is 310 cm³/mol. The van der Waals surface area contributed by atoms with Crippen molar-refractivity contribution in [1.82, 2.24) is 0 Å². The zero-order chi connectivity index (χ0) is 48.6. The summed E-state index contributed by atoms with van der Waals surface area (Å²) in [4.78, 5) is 0. The van der Waals surface area contributed by atoms with Crippen LogP contribution in [0.2, 0.25) is 0 Å². The molecule has 0 amide bonds. The lowest BCUT2D eigenvalue weighted by molar-refractivity contribution is 0.661. The van der Waals surface area contributed by atoms with Gasteiger partial charge in [-0.3, -0.25) is 0 Å². The van der Waals surface area contributed by atoms with Gasteiger partial charge in [0.25, 0.3) is 0 Å². The van der Waals surface area contributed by atoms with Gasteiger partial charge in [0.05, 0.1) is 0 Å². The third-order valence-electron chi connectivity index (χ3n) is 14.2. The number of rotatable bonds is 28. The quantitative estimate of drug-likeness (QED) is 0.0339. The highest BCUT2D eigenvalue weighted by atomic mass is 14.1. The Kier molecular flexibility index (Phi) is 21.2. The smallest absolute Gasteiger partial charge is 0.0179 e. The minimum Gasteiger partial charge on any atom is -0.0654 e. The number of aryl methyl sites for hydroxylation is 4. The maximum absolute atomic E-state index is 2.48. The molecule has 0 N–H and O–H groups in total. The first-order valence-electron chi connectivity index (χ1n) is 27.6. The molecule has 0 aliphatic carbocycles. The molecule has 0 aromatic heterocycles. The molecule has 0 radical (unpaired) electrons. The number of hydrogen-bond acceptors (Lipinski definition) is 0. The fourth-order valence-corrected chi connectivity index (χ4v) is 9.85. The number of unbranched alkanes of at least 4 members (excludes halogenated alkanes) is 12. The van der Waals surface area contributed by atoms with Crippen molar-refractivity contribution in [2.24, 2.45) is 0 Å². The molecule has 7 aromatic carbocycles. The molecule has 0 bridgehead atoms. The van der Waals surface area contributed by atoms with Crippen LogP contribution in [0.5, 0.6) is 0 Å². The topological polar surface area (TPSA) is 0 Å². The molecule has 0 atom stereocenters. The molecule has 0 heteroatoms. The first-order chi connectivity index (χ1) is 34.5. The molecule has 0 unspecified atom stereocenters. The van der Waals surface area contributed by atoms with Gasteiger partial charge in [0.15, 0.2) is 0 Å². The lowest BCUT2D eigenvalue weighted by atomic mass is 9.93. The monoisotopic (exact) mass is 923 g/mol. The van der Waals surface area contributed by atoms with E-state index in [0.717, 1.165) is 0 Å². The summed E-state index contributed by atoms with van der Waals surface area (Å²) in [6.07, 6.45) is 34.5. The molecule has 0 nitrogen and oxygen atoms in total. The van der Waals surface area contributed by atoms with E-state index < -0.39 is 0 Å². The second-order valence-corrected chi connectivity index (χ2v) is 20.1. The molecular formula is C70H82. The zero-order valence-corrected chi connectivity index (χ0v) is 43.5. The lowest BCUT2D eigenvalue weighted by Crippen LogP contribution is -1.93. The molecule has 0 heterocycles. The minimum absolute atomic E-state index is 1.18. The summed E-state index contributed by atoms with van der Waals surface area (Å²) in [5.74, 6) is 0. The van der Waals surface area contributed by atoms with E-state index in [1.54, 1.807) is 0 Å². The van der Waals surface area contributed by atoms with Gasteiger partial charge in [-0.1, -0.05) is 287 Å². The van der Waals surface area contributed by atoms with Crippen LogP contribution in [-0.2, 0) is 25.7 Å². The van der Waals surface area contributed by atoms with Crippen molar-refractivity contribution in [2.45, 2.75) is 156 Å². The van der Waals surface area contributed by atoms with Crippen molar-refractivity contribution in [2.75, 3.05) is 0 Å². The standard InChI is InChI=1S/C70H82/c1-5-9-13-17-21-59-49-60(22-18-14-10-6-2)52-69(51-59)67-45-41-65(42-46-67)63-37-33-57(34-38-63)31-29-55-25-27-56(28-26-55)30-32-58-35-39-64(40-36-58)66-43-47-68(48-44-66)70-53-61(23-19-15-11-7-3)50-62(54-70)24-20-16-12-8-4/h25-54H,5-24H2,1-4H3. The molecule has 7 aromatic rings. The van der Waals surface area contributed by atoms with E-state index in [1.807, 2.05) is 0 Å². The minimum atomic E-state index is 1.18. The average molecular weight is 923 g/mol. The van der Waals surface area contributed by atoms with E-state index in [-0.39, 0.29) is 0 Å². The largest absolute Gasteiger partial charge is 0.0654 e. The van der Waals surface area contributed by atoms with Crippen LogP contribution >= 0.6 is 0 Å². The molecule has 0 aliphatic heterocycles. The molecular weight excluding hydrogens is 841 g/mol. The van der Waals surface area contributed by atoms with Crippen LogP contribution in [0.4, 0.5) is 0 Å². The van der Waals surface area contributed by atoms with Gasteiger partial charge < -0.3 is 0 Å². The maximum atomic E-state index is 2.48. The summed E-state index contributed by atoms with van der Waals surface area (Å²) < 4.78 is 0. The van der Waals surface area contributed by atoms with E-state index in [2.05, 4.69) is 210 Å². The number of hydrogen-bond donors (Lipinski definition) is 0. The first-order valence-corrected chi connectivity index (χ1v) is 27.6. The van der Waals surface area contributed by atoms with Gasteiger partial charge in [-0.15, -0.1) is 0 Å². The van der Waals surface area contributed by atoms with Gasteiger partial charge in [-0.05, 0) is 140 Å². The Hall–Kier alpha value is -5.98. The van der Waals surface area contributed by atoms with Crippen molar-refractivity contribution >= 4 is 24.3 Å². The Morgan fingerprint density at radius 3 is 0.643 bits per heavy atom. The fraction of sp³-hybridized carbons (Fsp3) is 0.343. The highest BCUT2D eigenvalue weighted by molar-refractivity contribution is 5.77. The third-order valence-corrected chi connectivity index (χ3v) is 14.2. The Bertz CT molecular complexity index is 2390. The van der Waals surface area contributed by atoms with Crippen molar-refractivity contribution in [3.63, 3.8) is 0 Å². The summed E-state index contributed by atoms with van der Waals surface area (Å²) in [6, 6.07) is 59.9.